The maximum atomic E-state index is 12.5. The molecule has 2 N–H and O–H groups in total. The van der Waals surface area contributed by atoms with Crippen LogP contribution in [-0.4, -0.2) is 36.0 Å². The standard InChI is InChI=1S/C19H18N2O5/c1-11-4-3-5-12(2)18(11)20-16(22)9-21-14-8-13(19(24)25)6-7-15(14)26-10-17(21)23/h3-8H,9-10H2,1-2H3,(H,20,22)(H,24,25). The van der Waals surface area contributed by atoms with Crippen molar-refractivity contribution in [3.05, 3.63) is 53.1 Å². The smallest absolute Gasteiger partial charge is 0.335 e. The third-order valence-electron chi connectivity index (χ3n) is 4.20. The zero-order valence-electron chi connectivity index (χ0n) is 14.4. The first kappa shape index (κ1) is 17.5. The average molecular weight is 354 g/mol. The number of aromatic carboxylic acids is 1. The first-order valence-corrected chi connectivity index (χ1v) is 8.03. The SMILES string of the molecule is Cc1cccc(C)c1NC(=O)CN1C(=O)COc2ccc(C(=O)O)cc21. The molecule has 2 aromatic carbocycles. The molecule has 2 amide bonds. The highest BCUT2D eigenvalue weighted by atomic mass is 16.5. The predicted molar refractivity (Wildman–Crippen MR) is 95.8 cm³/mol. The van der Waals surface area contributed by atoms with Crippen LogP contribution in [0.25, 0.3) is 0 Å². The summed E-state index contributed by atoms with van der Waals surface area (Å²) in [5, 5.41) is 12.0. The zero-order valence-corrected chi connectivity index (χ0v) is 14.4. The van der Waals surface area contributed by atoms with Crippen LogP contribution in [0.4, 0.5) is 11.4 Å². The molecule has 0 atom stereocenters. The van der Waals surface area contributed by atoms with Crippen LogP contribution < -0.4 is 15.0 Å². The number of hydrogen-bond donors (Lipinski definition) is 2. The summed E-state index contributed by atoms with van der Waals surface area (Å²) in [6.45, 7) is 3.34. The topological polar surface area (TPSA) is 95.9 Å². The van der Waals surface area contributed by atoms with Crippen LogP contribution in [-0.2, 0) is 9.59 Å². The minimum Gasteiger partial charge on any atom is -0.482 e. The number of carbonyl (C=O) groups is 3. The summed E-state index contributed by atoms with van der Waals surface area (Å²) < 4.78 is 5.32. The molecule has 0 spiro atoms. The Morgan fingerprint density at radius 2 is 1.88 bits per heavy atom. The van der Waals surface area contributed by atoms with Crippen molar-refractivity contribution in [2.75, 3.05) is 23.4 Å². The summed E-state index contributed by atoms with van der Waals surface area (Å²) in [5.41, 5.74) is 2.83. The minimum atomic E-state index is -1.12. The highest BCUT2D eigenvalue weighted by Gasteiger charge is 2.28. The van der Waals surface area contributed by atoms with Gasteiger partial charge in [0, 0.05) is 5.69 Å². The number of aryl methyl sites for hydroxylation is 2. The van der Waals surface area contributed by atoms with Crippen LogP contribution in [0.15, 0.2) is 36.4 Å². The highest BCUT2D eigenvalue weighted by molar-refractivity contribution is 6.06. The van der Waals surface area contributed by atoms with Crippen LogP contribution in [0.1, 0.15) is 21.5 Å². The van der Waals surface area contributed by atoms with Gasteiger partial charge in [0.15, 0.2) is 6.61 Å². The van der Waals surface area contributed by atoms with Gasteiger partial charge in [0.2, 0.25) is 5.91 Å². The second-order valence-electron chi connectivity index (χ2n) is 6.07. The number of ether oxygens (including phenoxy) is 1. The lowest BCUT2D eigenvalue weighted by Gasteiger charge is -2.29. The van der Waals surface area contributed by atoms with E-state index < -0.39 is 11.9 Å². The quantitative estimate of drug-likeness (QED) is 0.879. The second-order valence-corrected chi connectivity index (χ2v) is 6.07. The molecule has 1 aliphatic rings. The van der Waals surface area contributed by atoms with E-state index >= 15 is 0 Å². The van der Waals surface area contributed by atoms with Crippen LogP contribution in [0, 0.1) is 13.8 Å². The second kappa shape index (κ2) is 6.87. The molecule has 3 rings (SSSR count). The van der Waals surface area contributed by atoms with E-state index in [-0.39, 0.29) is 30.3 Å². The lowest BCUT2D eigenvalue weighted by atomic mass is 10.1. The summed E-state index contributed by atoms with van der Waals surface area (Å²) in [6.07, 6.45) is 0. The Balaban J connectivity index is 1.85. The monoisotopic (exact) mass is 354 g/mol. The molecule has 0 radical (unpaired) electrons. The van der Waals surface area contributed by atoms with E-state index in [1.165, 1.54) is 23.1 Å². The van der Waals surface area contributed by atoms with Gasteiger partial charge in [0.1, 0.15) is 12.3 Å². The molecule has 0 unspecified atom stereocenters. The molecule has 0 saturated carbocycles. The number of anilines is 2. The van der Waals surface area contributed by atoms with Gasteiger partial charge in [0.05, 0.1) is 11.3 Å². The number of carbonyl (C=O) groups excluding carboxylic acids is 2. The Morgan fingerprint density at radius 3 is 2.54 bits per heavy atom. The van der Waals surface area contributed by atoms with E-state index in [9.17, 15) is 14.4 Å². The molecular weight excluding hydrogens is 336 g/mol. The fraction of sp³-hybridized carbons (Fsp3) is 0.211. The molecule has 0 bridgehead atoms. The van der Waals surface area contributed by atoms with Crippen molar-refractivity contribution in [1.82, 2.24) is 0 Å². The molecule has 26 heavy (non-hydrogen) atoms. The summed E-state index contributed by atoms with van der Waals surface area (Å²) in [6, 6.07) is 9.89. The molecule has 1 heterocycles. The summed E-state index contributed by atoms with van der Waals surface area (Å²) in [4.78, 5) is 37.2. The number of rotatable bonds is 4. The number of nitrogens with zero attached hydrogens (tertiary/aromatic N) is 1. The fourth-order valence-electron chi connectivity index (χ4n) is 2.84. The summed E-state index contributed by atoms with van der Waals surface area (Å²) in [7, 11) is 0. The lowest BCUT2D eigenvalue weighted by Crippen LogP contribution is -2.43. The maximum absolute atomic E-state index is 12.5. The van der Waals surface area contributed by atoms with Gasteiger partial charge < -0.3 is 15.2 Å². The van der Waals surface area contributed by atoms with Crippen LogP contribution in [0.3, 0.4) is 0 Å². The maximum Gasteiger partial charge on any atom is 0.335 e. The van der Waals surface area contributed by atoms with E-state index in [4.69, 9.17) is 9.84 Å². The van der Waals surface area contributed by atoms with Gasteiger partial charge in [-0.2, -0.15) is 0 Å². The summed E-state index contributed by atoms with van der Waals surface area (Å²) in [5.74, 6) is -1.53. The number of nitrogens with one attached hydrogen (secondary N) is 1. The Morgan fingerprint density at radius 1 is 1.19 bits per heavy atom. The van der Waals surface area contributed by atoms with Crippen molar-refractivity contribution in [3.63, 3.8) is 0 Å². The van der Waals surface area contributed by atoms with Crippen LogP contribution in [0.2, 0.25) is 0 Å². The minimum absolute atomic E-state index is 0.0159. The van der Waals surface area contributed by atoms with Crippen LogP contribution >= 0.6 is 0 Å². The van der Waals surface area contributed by atoms with Gasteiger partial charge in [-0.15, -0.1) is 0 Å². The van der Waals surface area contributed by atoms with E-state index in [1.807, 2.05) is 32.0 Å². The normalized spacial score (nSPS) is 13.0. The van der Waals surface area contributed by atoms with Crippen molar-refractivity contribution in [1.29, 1.82) is 0 Å². The number of benzene rings is 2. The predicted octanol–water partition coefficient (Wildman–Crippen LogP) is 2.37. The number of hydrogen-bond acceptors (Lipinski definition) is 4. The first-order valence-electron chi connectivity index (χ1n) is 8.03. The zero-order chi connectivity index (χ0) is 18.8. The van der Waals surface area contributed by atoms with E-state index in [0.29, 0.717) is 11.4 Å². The molecule has 2 aromatic rings. The molecule has 0 fully saturated rings. The number of amides is 2. The highest BCUT2D eigenvalue weighted by Crippen LogP contribution is 2.33. The number of fused-ring (bicyclic) bond motifs is 1. The van der Waals surface area contributed by atoms with Crippen molar-refractivity contribution in [3.8, 4) is 5.75 Å². The molecule has 134 valence electrons. The average Bonchev–Trinajstić information content (AvgIpc) is 2.60. The molecular formula is C19H18N2O5. The van der Waals surface area contributed by atoms with E-state index in [0.717, 1.165) is 11.1 Å². The molecule has 0 saturated heterocycles. The van der Waals surface area contributed by atoms with Gasteiger partial charge in [-0.05, 0) is 43.2 Å². The molecule has 0 aliphatic carbocycles. The Bertz CT molecular complexity index is 887. The number of carboxylic acid groups (broad SMARTS) is 1. The van der Waals surface area contributed by atoms with E-state index in [2.05, 4.69) is 5.32 Å². The third-order valence-corrected chi connectivity index (χ3v) is 4.20. The van der Waals surface area contributed by atoms with E-state index in [1.54, 1.807) is 0 Å². The molecule has 1 aliphatic heterocycles. The van der Waals surface area contributed by atoms with Crippen molar-refractivity contribution < 1.29 is 24.2 Å². The van der Waals surface area contributed by atoms with Crippen LogP contribution in [0.5, 0.6) is 5.75 Å². The fourth-order valence-corrected chi connectivity index (χ4v) is 2.84. The van der Waals surface area contributed by atoms with Gasteiger partial charge in [0.25, 0.3) is 5.91 Å². The molecule has 7 nitrogen and oxygen atoms in total. The molecule has 7 heteroatoms. The lowest BCUT2D eigenvalue weighted by molar-refractivity contribution is -0.123. The van der Waals surface area contributed by atoms with Gasteiger partial charge in [-0.25, -0.2) is 4.79 Å². The van der Waals surface area contributed by atoms with Gasteiger partial charge in [-0.3, -0.25) is 14.5 Å². The largest absolute Gasteiger partial charge is 0.482 e. The van der Waals surface area contributed by atoms with Crippen molar-refractivity contribution in [2.45, 2.75) is 13.8 Å². The Hall–Kier alpha value is -3.35. The Kier molecular flexibility index (Phi) is 4.62. The molecule has 0 aromatic heterocycles. The third kappa shape index (κ3) is 3.37. The number of carboxylic acids is 1. The summed E-state index contributed by atoms with van der Waals surface area (Å²) >= 11 is 0. The van der Waals surface area contributed by atoms with Crippen molar-refractivity contribution >= 4 is 29.2 Å². The number of para-hydroxylation sites is 1. The first-order chi connectivity index (χ1) is 12.4. The van der Waals surface area contributed by atoms with Gasteiger partial charge in [-0.1, -0.05) is 18.2 Å². The van der Waals surface area contributed by atoms with Gasteiger partial charge >= 0.3 is 5.97 Å². The van der Waals surface area contributed by atoms with Crippen molar-refractivity contribution in [2.24, 2.45) is 0 Å². The Labute approximate surface area is 150 Å².